The number of nitrogens with one attached hydrogen (secondary N) is 2. The van der Waals surface area contributed by atoms with Crippen LogP contribution in [0.3, 0.4) is 0 Å². The van der Waals surface area contributed by atoms with Crippen molar-refractivity contribution in [3.05, 3.63) is 0 Å². The maximum absolute atomic E-state index is 3.49. The lowest BCUT2D eigenvalue weighted by molar-refractivity contribution is 0.414. The minimum absolute atomic E-state index is 0.209. The summed E-state index contributed by atoms with van der Waals surface area (Å²) in [6.07, 6.45) is 4.63. The molecule has 92 valence electrons. The highest BCUT2D eigenvalue weighted by atomic mass is 28.2. The second kappa shape index (κ2) is 10.6. The van der Waals surface area contributed by atoms with Crippen LogP contribution in [0.5, 0.6) is 0 Å². The molecule has 1 atom stereocenters. The molecule has 0 bridgehead atoms. The van der Waals surface area contributed by atoms with Gasteiger partial charge in [-0.15, -0.1) is 0 Å². The first-order valence-corrected chi connectivity index (χ1v) is 8.52. The van der Waals surface area contributed by atoms with Crippen molar-refractivity contribution >= 4 is 9.52 Å². The zero-order chi connectivity index (χ0) is 11.5. The van der Waals surface area contributed by atoms with Gasteiger partial charge in [0.15, 0.2) is 0 Å². The van der Waals surface area contributed by atoms with Gasteiger partial charge in [0.1, 0.15) is 0 Å². The topological polar surface area (TPSA) is 24.1 Å². The van der Waals surface area contributed by atoms with Crippen LogP contribution in [-0.2, 0) is 0 Å². The highest BCUT2D eigenvalue weighted by Gasteiger charge is 2.05. The summed E-state index contributed by atoms with van der Waals surface area (Å²) < 4.78 is 0. The molecule has 0 aliphatic heterocycles. The van der Waals surface area contributed by atoms with Crippen LogP contribution in [0.1, 0.15) is 47.0 Å². The smallest absolute Gasteiger partial charge is 0.0571 e. The minimum atomic E-state index is 0.209. The molecule has 15 heavy (non-hydrogen) atoms. The second-order valence-electron chi connectivity index (χ2n) is 4.47. The molecule has 0 aromatic carbocycles. The predicted octanol–water partition coefficient (Wildman–Crippen LogP) is 2.12. The lowest BCUT2D eigenvalue weighted by atomic mass is 10.2. The Morgan fingerprint density at radius 2 is 1.67 bits per heavy atom. The summed E-state index contributed by atoms with van der Waals surface area (Å²) in [6.45, 7) is 11.2. The Morgan fingerprint density at radius 1 is 1.07 bits per heavy atom. The quantitative estimate of drug-likeness (QED) is 0.341. The van der Waals surface area contributed by atoms with E-state index in [4.69, 9.17) is 0 Å². The molecule has 0 heterocycles. The fourth-order valence-corrected chi connectivity index (χ4v) is 3.50. The van der Waals surface area contributed by atoms with E-state index in [1.54, 1.807) is 0 Å². The Hall–Kier alpha value is 0.137. The van der Waals surface area contributed by atoms with Crippen molar-refractivity contribution in [1.82, 2.24) is 10.6 Å². The molecule has 0 aliphatic carbocycles. The molecule has 0 amide bonds. The van der Waals surface area contributed by atoms with Crippen LogP contribution >= 0.6 is 0 Å². The van der Waals surface area contributed by atoms with E-state index in [-0.39, 0.29) is 9.52 Å². The average Bonchev–Trinajstić information content (AvgIpc) is 2.24. The lowest BCUT2D eigenvalue weighted by Crippen LogP contribution is -2.41. The van der Waals surface area contributed by atoms with Gasteiger partial charge in [0.25, 0.3) is 0 Å². The summed E-state index contributed by atoms with van der Waals surface area (Å²) in [5.41, 5.74) is 1.04. The highest BCUT2D eigenvalue weighted by molar-refractivity contribution is 6.37. The largest absolute Gasteiger partial charge is 0.302 e. The van der Waals surface area contributed by atoms with E-state index in [1.807, 2.05) is 0 Å². The molecular weight excluding hydrogens is 200 g/mol. The standard InChI is InChI=1S/C12H30N2Si/c1-5-11(4)15-10-8-9-12(13-6-2)14-7-3/h11-14H,5-10,15H2,1-4H3. The highest BCUT2D eigenvalue weighted by Crippen LogP contribution is 2.10. The molecule has 0 saturated carbocycles. The molecule has 0 aromatic heterocycles. The monoisotopic (exact) mass is 230 g/mol. The van der Waals surface area contributed by atoms with Crippen molar-refractivity contribution in [3.63, 3.8) is 0 Å². The summed E-state index contributed by atoms with van der Waals surface area (Å²) in [7, 11) is 0.209. The predicted molar refractivity (Wildman–Crippen MR) is 73.4 cm³/mol. The third kappa shape index (κ3) is 9.09. The zero-order valence-corrected chi connectivity index (χ0v) is 12.5. The fourth-order valence-electron chi connectivity index (χ4n) is 1.81. The first kappa shape index (κ1) is 15.1. The average molecular weight is 230 g/mol. The third-order valence-corrected chi connectivity index (χ3v) is 5.51. The molecular formula is C12H30N2Si. The summed E-state index contributed by atoms with van der Waals surface area (Å²) >= 11 is 0. The molecule has 2 nitrogen and oxygen atoms in total. The van der Waals surface area contributed by atoms with Crippen molar-refractivity contribution in [2.75, 3.05) is 13.1 Å². The second-order valence-corrected chi connectivity index (χ2v) is 7.14. The van der Waals surface area contributed by atoms with E-state index in [2.05, 4.69) is 38.3 Å². The van der Waals surface area contributed by atoms with E-state index < -0.39 is 0 Å². The van der Waals surface area contributed by atoms with Gasteiger partial charge in [-0.1, -0.05) is 52.1 Å². The molecule has 2 N–H and O–H groups in total. The molecule has 0 radical (unpaired) electrons. The maximum Gasteiger partial charge on any atom is 0.0571 e. The van der Waals surface area contributed by atoms with E-state index >= 15 is 0 Å². The summed E-state index contributed by atoms with van der Waals surface area (Å²) in [5, 5.41) is 6.98. The number of hydrogen-bond donors (Lipinski definition) is 2. The van der Waals surface area contributed by atoms with E-state index in [1.165, 1.54) is 25.3 Å². The Balaban J connectivity index is 3.43. The van der Waals surface area contributed by atoms with Gasteiger partial charge < -0.3 is 10.6 Å². The van der Waals surface area contributed by atoms with Crippen LogP contribution in [0.4, 0.5) is 0 Å². The van der Waals surface area contributed by atoms with Gasteiger partial charge in [0.2, 0.25) is 0 Å². The molecule has 0 saturated heterocycles. The van der Waals surface area contributed by atoms with Crippen LogP contribution in [0, 0.1) is 0 Å². The van der Waals surface area contributed by atoms with Gasteiger partial charge in [-0.3, -0.25) is 0 Å². The Bertz CT molecular complexity index is 125. The Labute approximate surface area is 98.4 Å². The van der Waals surface area contributed by atoms with Crippen molar-refractivity contribution in [1.29, 1.82) is 0 Å². The van der Waals surface area contributed by atoms with E-state index in [9.17, 15) is 0 Å². The van der Waals surface area contributed by atoms with Gasteiger partial charge in [0.05, 0.1) is 6.17 Å². The maximum atomic E-state index is 3.49. The summed E-state index contributed by atoms with van der Waals surface area (Å²) in [6, 6.07) is 1.52. The van der Waals surface area contributed by atoms with Crippen LogP contribution in [0.25, 0.3) is 0 Å². The van der Waals surface area contributed by atoms with Crippen molar-refractivity contribution in [3.8, 4) is 0 Å². The fraction of sp³-hybridized carbons (Fsp3) is 1.00. The third-order valence-electron chi connectivity index (χ3n) is 3.04. The molecule has 0 aromatic rings. The first-order valence-electron chi connectivity index (χ1n) is 6.71. The summed E-state index contributed by atoms with van der Waals surface area (Å²) in [4.78, 5) is 0. The summed E-state index contributed by atoms with van der Waals surface area (Å²) in [5.74, 6) is 0. The SMILES string of the molecule is CCNC(CCC[SiH2]C(C)CC)NCC. The molecule has 0 fully saturated rings. The molecule has 0 aliphatic rings. The number of rotatable bonds is 10. The molecule has 0 rings (SSSR count). The van der Waals surface area contributed by atoms with Gasteiger partial charge in [0, 0.05) is 9.52 Å². The lowest BCUT2D eigenvalue weighted by Gasteiger charge is -2.18. The van der Waals surface area contributed by atoms with Gasteiger partial charge in [-0.2, -0.15) is 0 Å². The Morgan fingerprint density at radius 3 is 2.13 bits per heavy atom. The van der Waals surface area contributed by atoms with Crippen LogP contribution in [-0.4, -0.2) is 28.8 Å². The van der Waals surface area contributed by atoms with Crippen LogP contribution in [0.15, 0.2) is 0 Å². The molecule has 3 heteroatoms. The van der Waals surface area contributed by atoms with Crippen molar-refractivity contribution in [2.24, 2.45) is 0 Å². The van der Waals surface area contributed by atoms with E-state index in [0.717, 1.165) is 18.6 Å². The minimum Gasteiger partial charge on any atom is -0.302 e. The van der Waals surface area contributed by atoms with Gasteiger partial charge in [-0.25, -0.2) is 0 Å². The van der Waals surface area contributed by atoms with Crippen molar-refractivity contribution in [2.45, 2.75) is 64.7 Å². The first-order chi connectivity index (χ1) is 7.24. The van der Waals surface area contributed by atoms with Gasteiger partial charge in [-0.05, 0) is 19.5 Å². The van der Waals surface area contributed by atoms with Gasteiger partial charge >= 0.3 is 0 Å². The van der Waals surface area contributed by atoms with Crippen LogP contribution < -0.4 is 10.6 Å². The van der Waals surface area contributed by atoms with E-state index in [0.29, 0.717) is 6.17 Å². The van der Waals surface area contributed by atoms with Crippen LogP contribution in [0.2, 0.25) is 11.6 Å². The normalized spacial score (nSPS) is 14.2. The Kier molecular flexibility index (Phi) is 10.7. The zero-order valence-electron chi connectivity index (χ0n) is 11.1. The molecule has 1 unspecified atom stereocenters. The molecule has 0 spiro atoms. The number of hydrogen-bond acceptors (Lipinski definition) is 2. The van der Waals surface area contributed by atoms with Crippen molar-refractivity contribution < 1.29 is 0 Å².